The third kappa shape index (κ3) is 4.76. The molecule has 0 N–H and O–H groups in total. The average Bonchev–Trinajstić information content (AvgIpc) is 3.13. The number of carbonyl (C=O) groups excluding carboxylic acids is 2. The Labute approximate surface area is 174 Å². The maximum atomic E-state index is 12.5. The first kappa shape index (κ1) is 20.9. The third-order valence-corrected chi connectivity index (χ3v) is 4.72. The molecular formula is C24H22N2O4. The number of ketones is 1. The number of esters is 1. The van der Waals surface area contributed by atoms with Gasteiger partial charge >= 0.3 is 5.97 Å². The van der Waals surface area contributed by atoms with Gasteiger partial charge in [-0.3, -0.25) is 4.79 Å². The van der Waals surface area contributed by atoms with Crippen LogP contribution in [0.5, 0.6) is 5.75 Å². The van der Waals surface area contributed by atoms with Gasteiger partial charge in [-0.1, -0.05) is 18.2 Å². The topological polar surface area (TPSA) is 81.3 Å². The molecule has 6 heteroatoms. The number of rotatable bonds is 8. The van der Waals surface area contributed by atoms with Crippen LogP contribution in [0.3, 0.4) is 0 Å². The van der Waals surface area contributed by atoms with Crippen LogP contribution in [0.1, 0.15) is 29.3 Å². The van der Waals surface area contributed by atoms with Crippen LogP contribution in [0.25, 0.3) is 17.0 Å². The summed E-state index contributed by atoms with van der Waals surface area (Å²) in [6, 6.07) is 16.6. The SMILES string of the molecule is COc1ccc(C(=O)[C@@H](C)OC(=O)/C=C/c2cn(CCC#N)c3ccccc23)cc1. The second-order valence-corrected chi connectivity index (χ2v) is 6.71. The lowest BCUT2D eigenvalue weighted by atomic mass is 10.1. The van der Waals surface area contributed by atoms with E-state index in [0.717, 1.165) is 16.5 Å². The highest BCUT2D eigenvalue weighted by atomic mass is 16.5. The number of para-hydroxylation sites is 1. The van der Waals surface area contributed by atoms with E-state index in [2.05, 4.69) is 6.07 Å². The smallest absolute Gasteiger partial charge is 0.331 e. The molecule has 3 aromatic rings. The molecule has 0 amide bonds. The van der Waals surface area contributed by atoms with Crippen molar-refractivity contribution in [3.05, 3.63) is 71.9 Å². The second-order valence-electron chi connectivity index (χ2n) is 6.71. The predicted molar refractivity (Wildman–Crippen MR) is 114 cm³/mol. The molecule has 0 aliphatic rings. The molecule has 0 saturated heterocycles. The van der Waals surface area contributed by atoms with E-state index >= 15 is 0 Å². The number of ether oxygens (including phenoxy) is 2. The van der Waals surface area contributed by atoms with Gasteiger partial charge in [-0.05, 0) is 43.3 Å². The van der Waals surface area contributed by atoms with Gasteiger partial charge in [0.15, 0.2) is 6.10 Å². The average molecular weight is 402 g/mol. The van der Waals surface area contributed by atoms with E-state index in [1.165, 1.54) is 6.08 Å². The molecule has 0 aliphatic heterocycles. The summed E-state index contributed by atoms with van der Waals surface area (Å²) in [6.45, 7) is 2.12. The predicted octanol–water partition coefficient (Wildman–Crippen LogP) is 4.39. The van der Waals surface area contributed by atoms with Crippen molar-refractivity contribution in [3.63, 3.8) is 0 Å². The first-order valence-electron chi connectivity index (χ1n) is 9.55. The number of aryl methyl sites for hydroxylation is 1. The Hall–Kier alpha value is -3.85. The third-order valence-electron chi connectivity index (χ3n) is 4.72. The van der Waals surface area contributed by atoms with Crippen molar-refractivity contribution in [2.75, 3.05) is 7.11 Å². The van der Waals surface area contributed by atoms with E-state index in [9.17, 15) is 9.59 Å². The molecule has 0 radical (unpaired) electrons. The summed E-state index contributed by atoms with van der Waals surface area (Å²) in [5.41, 5.74) is 2.28. The van der Waals surface area contributed by atoms with Gasteiger partial charge < -0.3 is 14.0 Å². The van der Waals surface area contributed by atoms with Gasteiger partial charge in [-0.2, -0.15) is 5.26 Å². The number of carbonyl (C=O) groups is 2. The van der Waals surface area contributed by atoms with E-state index in [1.807, 2.05) is 35.0 Å². The molecule has 152 valence electrons. The Morgan fingerprint density at radius 1 is 1.17 bits per heavy atom. The maximum Gasteiger partial charge on any atom is 0.331 e. The summed E-state index contributed by atoms with van der Waals surface area (Å²) >= 11 is 0. The molecule has 1 heterocycles. The Bertz CT molecular complexity index is 1120. The van der Waals surface area contributed by atoms with Gasteiger partial charge in [-0.15, -0.1) is 0 Å². The summed E-state index contributed by atoms with van der Waals surface area (Å²) in [5, 5.41) is 9.82. The van der Waals surface area contributed by atoms with E-state index in [4.69, 9.17) is 14.7 Å². The number of Topliss-reactive ketones (excluding diaryl/α,β-unsaturated/α-hetero) is 1. The first-order chi connectivity index (χ1) is 14.5. The molecule has 0 saturated carbocycles. The maximum absolute atomic E-state index is 12.5. The molecule has 0 fully saturated rings. The minimum Gasteiger partial charge on any atom is -0.497 e. The largest absolute Gasteiger partial charge is 0.497 e. The molecule has 6 nitrogen and oxygen atoms in total. The van der Waals surface area contributed by atoms with Gasteiger partial charge in [0.1, 0.15) is 5.75 Å². The quantitative estimate of drug-likeness (QED) is 0.317. The molecular weight excluding hydrogens is 380 g/mol. The van der Waals surface area contributed by atoms with Crippen molar-refractivity contribution in [2.24, 2.45) is 0 Å². The number of benzene rings is 2. The molecule has 3 rings (SSSR count). The normalized spacial score (nSPS) is 11.9. The molecule has 0 spiro atoms. The van der Waals surface area contributed by atoms with Crippen LogP contribution in [-0.2, 0) is 16.1 Å². The second kappa shape index (κ2) is 9.57. The number of hydrogen-bond acceptors (Lipinski definition) is 5. The van der Waals surface area contributed by atoms with Crippen LogP contribution in [0.15, 0.2) is 60.8 Å². The lowest BCUT2D eigenvalue weighted by Crippen LogP contribution is -2.23. The lowest BCUT2D eigenvalue weighted by Gasteiger charge is -2.11. The fraction of sp³-hybridized carbons (Fsp3) is 0.208. The number of methoxy groups -OCH3 is 1. The van der Waals surface area contributed by atoms with Crippen LogP contribution in [0.4, 0.5) is 0 Å². The molecule has 1 atom stereocenters. The molecule has 2 aromatic carbocycles. The molecule has 0 aliphatic carbocycles. The van der Waals surface area contributed by atoms with Crippen LogP contribution in [0.2, 0.25) is 0 Å². The minimum absolute atomic E-state index is 0.285. The van der Waals surface area contributed by atoms with Crippen molar-refractivity contribution in [2.45, 2.75) is 26.0 Å². The van der Waals surface area contributed by atoms with Gasteiger partial charge in [0.05, 0.1) is 19.6 Å². The zero-order chi connectivity index (χ0) is 21.5. The number of hydrogen-bond donors (Lipinski definition) is 0. The van der Waals surface area contributed by atoms with Gasteiger partial charge in [0.25, 0.3) is 0 Å². The highest BCUT2D eigenvalue weighted by molar-refractivity contribution is 6.01. The molecule has 1 aromatic heterocycles. The van der Waals surface area contributed by atoms with Crippen LogP contribution >= 0.6 is 0 Å². The van der Waals surface area contributed by atoms with Gasteiger partial charge in [-0.25, -0.2) is 4.79 Å². The molecule has 0 unspecified atom stereocenters. The standard InChI is InChI=1S/C24H22N2O4/c1-17(24(28)18-8-11-20(29-2)12-9-18)30-23(27)13-10-19-16-26(15-5-14-25)22-7-4-3-6-21(19)22/h3-4,6-13,16-17H,5,15H2,1-2H3/b13-10+/t17-/m1/s1. The van der Waals surface area contributed by atoms with Crippen molar-refractivity contribution in [1.29, 1.82) is 5.26 Å². The van der Waals surface area contributed by atoms with Crippen LogP contribution < -0.4 is 4.74 Å². The van der Waals surface area contributed by atoms with Crippen molar-refractivity contribution in [1.82, 2.24) is 4.57 Å². The van der Waals surface area contributed by atoms with E-state index in [1.54, 1.807) is 44.4 Å². The first-order valence-corrected chi connectivity index (χ1v) is 9.55. The molecule has 0 bridgehead atoms. The Morgan fingerprint density at radius 3 is 2.60 bits per heavy atom. The summed E-state index contributed by atoms with van der Waals surface area (Å²) < 4.78 is 12.3. The summed E-state index contributed by atoms with van der Waals surface area (Å²) in [6.07, 6.45) is 4.37. The fourth-order valence-corrected chi connectivity index (χ4v) is 3.18. The van der Waals surface area contributed by atoms with E-state index in [-0.39, 0.29) is 5.78 Å². The zero-order valence-electron chi connectivity index (χ0n) is 16.9. The van der Waals surface area contributed by atoms with Gasteiger partial charge in [0, 0.05) is 40.8 Å². The van der Waals surface area contributed by atoms with Crippen molar-refractivity contribution in [3.8, 4) is 11.8 Å². The highest BCUT2D eigenvalue weighted by Gasteiger charge is 2.18. The van der Waals surface area contributed by atoms with E-state index in [0.29, 0.717) is 24.3 Å². The number of aromatic nitrogens is 1. The van der Waals surface area contributed by atoms with Crippen LogP contribution in [0, 0.1) is 11.3 Å². The Morgan fingerprint density at radius 2 is 1.90 bits per heavy atom. The Kier molecular flexibility index (Phi) is 6.66. The Balaban J connectivity index is 1.69. The fourth-order valence-electron chi connectivity index (χ4n) is 3.18. The number of fused-ring (bicyclic) bond motifs is 1. The number of nitrogens with zero attached hydrogens (tertiary/aromatic N) is 2. The monoisotopic (exact) mass is 402 g/mol. The molecule has 30 heavy (non-hydrogen) atoms. The summed E-state index contributed by atoms with van der Waals surface area (Å²) in [7, 11) is 1.55. The summed E-state index contributed by atoms with van der Waals surface area (Å²) in [5.74, 6) is -0.237. The number of nitriles is 1. The minimum atomic E-state index is -0.910. The lowest BCUT2D eigenvalue weighted by molar-refractivity contribution is -0.140. The van der Waals surface area contributed by atoms with Crippen molar-refractivity contribution >= 4 is 28.7 Å². The van der Waals surface area contributed by atoms with Crippen LogP contribution in [-0.4, -0.2) is 29.5 Å². The van der Waals surface area contributed by atoms with Gasteiger partial charge in [0.2, 0.25) is 5.78 Å². The van der Waals surface area contributed by atoms with E-state index < -0.39 is 12.1 Å². The van der Waals surface area contributed by atoms with Crippen molar-refractivity contribution < 1.29 is 19.1 Å². The zero-order valence-corrected chi connectivity index (χ0v) is 16.9. The summed E-state index contributed by atoms with van der Waals surface area (Å²) in [4.78, 5) is 24.7. The highest BCUT2D eigenvalue weighted by Crippen LogP contribution is 2.23.